The Kier molecular flexibility index (Phi) is 6.33. The average Bonchev–Trinajstić information content (AvgIpc) is 2.83. The summed E-state index contributed by atoms with van der Waals surface area (Å²) in [6, 6.07) is 15.1. The molecule has 2 N–H and O–H groups in total. The lowest BCUT2D eigenvalue weighted by Gasteiger charge is -2.58. The number of benzene rings is 2. The summed E-state index contributed by atoms with van der Waals surface area (Å²) in [5.74, 6) is -0.490. The smallest absolute Gasteiger partial charge is 0.334 e. The molecule has 33 heavy (non-hydrogen) atoms. The van der Waals surface area contributed by atoms with Crippen LogP contribution in [0, 0.1) is 0 Å². The standard InChI is InChI=1S/C24H24N2O6S/c1-15-14-33-22-20(25-19(27)13-32-18-10-8-17(31-2)9-11-18)21(28)26(22)24(15,23(29)30)12-16-6-4-3-5-7-16/h3-11,20,22H,1,12-14H2,2H3,(H,25,27)(H,29,30). The highest BCUT2D eigenvalue weighted by Crippen LogP contribution is 2.47. The molecule has 2 amide bonds. The second-order valence-electron chi connectivity index (χ2n) is 7.85. The molecule has 0 aliphatic carbocycles. The number of β-lactam (4-membered cyclic amide) rings is 1. The summed E-state index contributed by atoms with van der Waals surface area (Å²) >= 11 is 1.40. The van der Waals surface area contributed by atoms with E-state index in [0.717, 1.165) is 5.56 Å². The Morgan fingerprint density at radius 3 is 2.48 bits per heavy atom. The molecule has 0 aromatic heterocycles. The monoisotopic (exact) mass is 468 g/mol. The van der Waals surface area contributed by atoms with Gasteiger partial charge in [-0.1, -0.05) is 36.9 Å². The molecule has 2 heterocycles. The highest BCUT2D eigenvalue weighted by molar-refractivity contribution is 8.00. The number of thioether (sulfide) groups is 1. The first-order valence-electron chi connectivity index (χ1n) is 10.3. The van der Waals surface area contributed by atoms with Crippen LogP contribution in [0.4, 0.5) is 0 Å². The topological polar surface area (TPSA) is 105 Å². The van der Waals surface area contributed by atoms with Crippen molar-refractivity contribution in [2.24, 2.45) is 0 Å². The number of rotatable bonds is 8. The number of fused-ring (bicyclic) bond motifs is 1. The third-order valence-electron chi connectivity index (χ3n) is 5.87. The first-order chi connectivity index (χ1) is 15.9. The van der Waals surface area contributed by atoms with Crippen molar-refractivity contribution in [2.45, 2.75) is 23.4 Å². The SMILES string of the molecule is C=C1CSC2C(NC(=O)COc3ccc(OC)cc3)C(=O)N2C1(Cc1ccccc1)C(=O)O. The van der Waals surface area contributed by atoms with Crippen LogP contribution in [0.2, 0.25) is 0 Å². The van der Waals surface area contributed by atoms with Crippen LogP contribution in [0.25, 0.3) is 0 Å². The van der Waals surface area contributed by atoms with Gasteiger partial charge in [0.2, 0.25) is 5.91 Å². The zero-order chi connectivity index (χ0) is 23.6. The fourth-order valence-electron chi connectivity index (χ4n) is 4.12. The van der Waals surface area contributed by atoms with Gasteiger partial charge in [-0.3, -0.25) is 9.59 Å². The van der Waals surface area contributed by atoms with Crippen molar-refractivity contribution in [2.75, 3.05) is 19.5 Å². The Hall–Kier alpha value is -3.46. The maximum atomic E-state index is 13.1. The Morgan fingerprint density at radius 2 is 1.85 bits per heavy atom. The minimum Gasteiger partial charge on any atom is -0.497 e. The van der Waals surface area contributed by atoms with E-state index < -0.39 is 34.7 Å². The van der Waals surface area contributed by atoms with Crippen LogP contribution in [0.5, 0.6) is 11.5 Å². The second kappa shape index (κ2) is 9.19. The predicted molar refractivity (Wildman–Crippen MR) is 123 cm³/mol. The van der Waals surface area contributed by atoms with E-state index in [9.17, 15) is 19.5 Å². The van der Waals surface area contributed by atoms with Gasteiger partial charge in [0.1, 0.15) is 22.9 Å². The fourth-order valence-corrected chi connectivity index (χ4v) is 5.54. The normalized spacial score (nSPS) is 23.8. The molecule has 0 saturated carbocycles. The van der Waals surface area contributed by atoms with E-state index in [1.807, 2.05) is 30.3 Å². The number of aliphatic carboxylic acids is 1. The first kappa shape index (κ1) is 22.7. The zero-order valence-corrected chi connectivity index (χ0v) is 18.8. The Labute approximate surface area is 195 Å². The number of nitrogens with one attached hydrogen (secondary N) is 1. The number of hydrogen-bond acceptors (Lipinski definition) is 6. The molecule has 0 bridgehead atoms. The van der Waals surface area contributed by atoms with E-state index in [0.29, 0.717) is 22.8 Å². The minimum absolute atomic E-state index is 0.117. The molecule has 3 unspecified atom stereocenters. The number of carbonyl (C=O) groups excluding carboxylic acids is 2. The number of ether oxygens (including phenoxy) is 2. The zero-order valence-electron chi connectivity index (χ0n) is 18.0. The molecular formula is C24H24N2O6S. The Balaban J connectivity index is 1.44. The molecule has 0 radical (unpaired) electrons. The molecule has 2 aromatic rings. The molecule has 8 nitrogen and oxygen atoms in total. The molecule has 2 saturated heterocycles. The number of carbonyl (C=O) groups is 3. The lowest BCUT2D eigenvalue weighted by Crippen LogP contribution is -2.79. The first-order valence-corrected chi connectivity index (χ1v) is 11.4. The number of methoxy groups -OCH3 is 1. The van der Waals surface area contributed by atoms with Crippen LogP contribution >= 0.6 is 11.8 Å². The van der Waals surface area contributed by atoms with E-state index in [1.165, 1.54) is 16.7 Å². The van der Waals surface area contributed by atoms with E-state index in [2.05, 4.69) is 11.9 Å². The van der Waals surface area contributed by atoms with Gasteiger partial charge in [-0.15, -0.1) is 11.8 Å². The summed E-state index contributed by atoms with van der Waals surface area (Å²) in [7, 11) is 1.56. The van der Waals surface area contributed by atoms with Crippen LogP contribution < -0.4 is 14.8 Å². The van der Waals surface area contributed by atoms with E-state index in [4.69, 9.17) is 9.47 Å². The van der Waals surface area contributed by atoms with Crippen LogP contribution in [0.15, 0.2) is 66.7 Å². The van der Waals surface area contributed by atoms with Gasteiger partial charge in [-0.2, -0.15) is 0 Å². The lowest BCUT2D eigenvalue weighted by atomic mass is 9.79. The van der Waals surface area contributed by atoms with Crippen molar-refractivity contribution in [1.29, 1.82) is 0 Å². The summed E-state index contributed by atoms with van der Waals surface area (Å²) in [4.78, 5) is 39.3. The van der Waals surface area contributed by atoms with E-state index in [1.54, 1.807) is 31.4 Å². The molecule has 2 aliphatic rings. The van der Waals surface area contributed by atoms with Gasteiger partial charge < -0.3 is 24.8 Å². The number of carboxylic acids is 1. The quantitative estimate of drug-likeness (QED) is 0.452. The maximum Gasteiger partial charge on any atom is 0.334 e. The van der Waals surface area contributed by atoms with Gasteiger partial charge in [0, 0.05) is 12.2 Å². The average molecular weight is 469 g/mol. The molecule has 172 valence electrons. The van der Waals surface area contributed by atoms with Crippen molar-refractivity contribution >= 4 is 29.5 Å². The molecular weight excluding hydrogens is 444 g/mol. The van der Waals surface area contributed by atoms with Crippen molar-refractivity contribution in [3.8, 4) is 11.5 Å². The molecule has 4 rings (SSSR count). The summed E-state index contributed by atoms with van der Waals surface area (Å²) in [5.41, 5.74) is -0.296. The van der Waals surface area contributed by atoms with Crippen LogP contribution in [-0.4, -0.2) is 64.2 Å². The highest BCUT2D eigenvalue weighted by atomic mass is 32.2. The number of nitrogens with zero attached hydrogens (tertiary/aromatic N) is 1. The van der Waals surface area contributed by atoms with Gasteiger partial charge in [0.05, 0.1) is 7.11 Å². The minimum atomic E-state index is -1.55. The molecule has 2 aliphatic heterocycles. The maximum absolute atomic E-state index is 13.1. The number of hydrogen-bond donors (Lipinski definition) is 2. The van der Waals surface area contributed by atoms with Crippen molar-refractivity contribution in [1.82, 2.24) is 10.2 Å². The summed E-state index contributed by atoms with van der Waals surface area (Å²) < 4.78 is 10.6. The van der Waals surface area contributed by atoms with Crippen molar-refractivity contribution < 1.29 is 29.0 Å². The van der Waals surface area contributed by atoms with E-state index in [-0.39, 0.29) is 13.0 Å². The Morgan fingerprint density at radius 1 is 1.18 bits per heavy atom. The van der Waals surface area contributed by atoms with Gasteiger partial charge in [0.25, 0.3) is 5.91 Å². The van der Waals surface area contributed by atoms with E-state index >= 15 is 0 Å². The van der Waals surface area contributed by atoms with Gasteiger partial charge in [-0.05, 0) is 35.4 Å². The predicted octanol–water partition coefficient (Wildman–Crippen LogP) is 2.10. The third-order valence-corrected chi connectivity index (χ3v) is 7.21. The van der Waals surface area contributed by atoms with Crippen molar-refractivity contribution in [3.63, 3.8) is 0 Å². The van der Waals surface area contributed by atoms with Crippen LogP contribution in [-0.2, 0) is 20.8 Å². The largest absolute Gasteiger partial charge is 0.497 e. The van der Waals surface area contributed by atoms with Crippen LogP contribution in [0.1, 0.15) is 5.56 Å². The molecule has 9 heteroatoms. The molecule has 2 fully saturated rings. The highest BCUT2D eigenvalue weighted by Gasteiger charge is 2.64. The molecule has 2 aromatic carbocycles. The lowest BCUT2D eigenvalue weighted by molar-refractivity contribution is -0.169. The van der Waals surface area contributed by atoms with Gasteiger partial charge >= 0.3 is 5.97 Å². The van der Waals surface area contributed by atoms with Crippen molar-refractivity contribution in [3.05, 3.63) is 72.3 Å². The molecule has 0 spiro atoms. The van der Waals surface area contributed by atoms with Gasteiger partial charge in [-0.25, -0.2) is 4.79 Å². The number of amides is 2. The third kappa shape index (κ3) is 4.16. The van der Waals surface area contributed by atoms with Crippen LogP contribution in [0.3, 0.4) is 0 Å². The summed E-state index contributed by atoms with van der Waals surface area (Å²) in [6.45, 7) is 3.72. The number of carboxylic acid groups (broad SMARTS) is 1. The fraction of sp³-hybridized carbons (Fsp3) is 0.292. The second-order valence-corrected chi connectivity index (χ2v) is 8.96. The summed E-state index contributed by atoms with van der Waals surface area (Å²) in [6.07, 6.45) is 0.117. The Bertz CT molecular complexity index is 1070. The van der Waals surface area contributed by atoms with Gasteiger partial charge in [0.15, 0.2) is 12.1 Å². The summed E-state index contributed by atoms with van der Waals surface area (Å²) in [5, 5.41) is 12.4. The molecule has 3 atom stereocenters.